The van der Waals surface area contributed by atoms with E-state index >= 15 is 0 Å². The monoisotopic (exact) mass is 475 g/mol. The molecule has 3 heterocycles. The van der Waals surface area contributed by atoms with Crippen molar-refractivity contribution in [3.63, 3.8) is 0 Å². The molecule has 0 unspecified atom stereocenters. The van der Waals surface area contributed by atoms with Gasteiger partial charge in [0.25, 0.3) is 11.8 Å². The van der Waals surface area contributed by atoms with Gasteiger partial charge in [0.1, 0.15) is 0 Å². The van der Waals surface area contributed by atoms with Crippen LogP contribution in [0.15, 0.2) is 72.8 Å². The van der Waals surface area contributed by atoms with E-state index in [1.165, 1.54) is 0 Å². The lowest BCUT2D eigenvalue weighted by molar-refractivity contribution is -0.122. The Bertz CT molecular complexity index is 1690. The van der Waals surface area contributed by atoms with Crippen molar-refractivity contribution < 1.29 is 14.7 Å². The van der Waals surface area contributed by atoms with Crippen LogP contribution in [0, 0.1) is 6.92 Å². The summed E-state index contributed by atoms with van der Waals surface area (Å²) in [7, 11) is 0. The summed E-state index contributed by atoms with van der Waals surface area (Å²) in [4.78, 5) is 33.5. The molecule has 4 N–H and O–H groups in total. The molecule has 0 aliphatic carbocycles. The number of hydrogen-bond acceptors (Lipinski definition) is 3. The summed E-state index contributed by atoms with van der Waals surface area (Å²) in [6.45, 7) is 1.97. The summed E-state index contributed by atoms with van der Waals surface area (Å²) in [5, 5.41) is 13.8. The largest absolute Gasteiger partial charge is 0.396 e. The van der Waals surface area contributed by atoms with E-state index in [1.54, 1.807) is 0 Å². The van der Waals surface area contributed by atoms with Crippen molar-refractivity contribution >= 4 is 44.8 Å². The van der Waals surface area contributed by atoms with E-state index in [4.69, 9.17) is 0 Å². The van der Waals surface area contributed by atoms with Crippen molar-refractivity contribution in [2.45, 2.75) is 19.8 Å². The minimum absolute atomic E-state index is 0.0374. The molecule has 1 aliphatic rings. The molecule has 6 heteroatoms. The SMILES string of the molecule is Cc1[nH]c2ccc(-c3ccccc3)cc2c1C1=C(c2c(CCCO)[nH]c3ccccc23)C(=O)NC1=O. The van der Waals surface area contributed by atoms with E-state index in [-0.39, 0.29) is 6.61 Å². The molecule has 0 atom stereocenters. The van der Waals surface area contributed by atoms with Gasteiger partial charge in [-0.3, -0.25) is 14.9 Å². The Morgan fingerprint density at radius 3 is 2.19 bits per heavy atom. The van der Waals surface area contributed by atoms with E-state index in [2.05, 4.69) is 39.6 Å². The molecule has 6 rings (SSSR count). The fourth-order valence-corrected chi connectivity index (χ4v) is 5.32. The first-order chi connectivity index (χ1) is 17.6. The Kier molecular flexibility index (Phi) is 5.31. The maximum absolute atomic E-state index is 13.3. The fraction of sp³-hybridized carbons (Fsp3) is 0.133. The number of para-hydroxylation sites is 1. The first kappa shape index (κ1) is 22.1. The standard InChI is InChI=1S/C30H25N3O3/c1-17-25(21-16-19(13-14-23(21)31-17)18-8-3-2-4-9-18)27-28(30(36)33-29(27)35)26-20-10-5-6-11-22(20)32-24(26)12-7-15-34/h2-6,8-11,13-14,16,31-32,34H,7,12,15H2,1H3,(H,33,35,36). The van der Waals surface area contributed by atoms with Gasteiger partial charge in [0.15, 0.2) is 0 Å². The van der Waals surface area contributed by atoms with E-state index in [1.807, 2.05) is 55.5 Å². The zero-order chi connectivity index (χ0) is 24.8. The quantitative estimate of drug-likeness (QED) is 0.257. The Hall–Kier alpha value is -4.42. The summed E-state index contributed by atoms with van der Waals surface area (Å²) >= 11 is 0. The number of amides is 2. The second-order valence-electron chi connectivity index (χ2n) is 9.14. The van der Waals surface area contributed by atoms with Crippen molar-refractivity contribution in [1.29, 1.82) is 0 Å². The number of aromatic amines is 2. The highest BCUT2D eigenvalue weighted by atomic mass is 16.3. The van der Waals surface area contributed by atoms with Crippen LogP contribution in [-0.2, 0) is 16.0 Å². The molecular weight excluding hydrogens is 450 g/mol. The lowest BCUT2D eigenvalue weighted by atomic mass is 9.91. The molecule has 1 aliphatic heterocycles. The predicted molar refractivity (Wildman–Crippen MR) is 142 cm³/mol. The molecule has 6 nitrogen and oxygen atoms in total. The Labute approximate surface area is 207 Å². The van der Waals surface area contributed by atoms with Crippen LogP contribution in [0.25, 0.3) is 44.1 Å². The molecule has 178 valence electrons. The lowest BCUT2D eigenvalue weighted by Gasteiger charge is -2.09. The molecule has 3 aromatic carbocycles. The summed E-state index contributed by atoms with van der Waals surface area (Å²) in [5.74, 6) is -0.805. The number of rotatable bonds is 6. The smallest absolute Gasteiger partial charge is 0.259 e. The van der Waals surface area contributed by atoms with Crippen LogP contribution in [0.5, 0.6) is 0 Å². The van der Waals surface area contributed by atoms with Gasteiger partial charge in [-0.25, -0.2) is 0 Å². The number of aliphatic hydroxyl groups excluding tert-OH is 1. The van der Waals surface area contributed by atoms with Crippen molar-refractivity contribution in [2.24, 2.45) is 0 Å². The minimum Gasteiger partial charge on any atom is -0.396 e. The molecular formula is C30H25N3O3. The van der Waals surface area contributed by atoms with Crippen LogP contribution in [-0.4, -0.2) is 33.5 Å². The van der Waals surface area contributed by atoms with Gasteiger partial charge in [-0.1, -0.05) is 54.6 Å². The first-order valence-corrected chi connectivity index (χ1v) is 12.1. The minimum atomic E-state index is -0.405. The number of nitrogens with one attached hydrogen (secondary N) is 3. The molecule has 0 radical (unpaired) electrons. The maximum Gasteiger partial charge on any atom is 0.259 e. The number of aromatic nitrogens is 2. The summed E-state index contributed by atoms with van der Waals surface area (Å²) in [6.07, 6.45) is 1.11. The number of fused-ring (bicyclic) bond motifs is 2. The van der Waals surface area contributed by atoms with Crippen molar-refractivity contribution in [1.82, 2.24) is 15.3 Å². The van der Waals surface area contributed by atoms with E-state index in [9.17, 15) is 14.7 Å². The van der Waals surface area contributed by atoms with Crippen LogP contribution in [0.3, 0.4) is 0 Å². The van der Waals surface area contributed by atoms with Gasteiger partial charge in [-0.05, 0) is 49.1 Å². The number of carbonyl (C=O) groups excluding carboxylic acids is 2. The van der Waals surface area contributed by atoms with Gasteiger partial charge in [0.2, 0.25) is 0 Å². The number of benzene rings is 3. The van der Waals surface area contributed by atoms with E-state index < -0.39 is 11.8 Å². The average Bonchev–Trinajstić information content (AvgIpc) is 3.51. The lowest BCUT2D eigenvalue weighted by Crippen LogP contribution is -2.23. The molecule has 2 aromatic heterocycles. The van der Waals surface area contributed by atoms with Crippen LogP contribution in [0.4, 0.5) is 0 Å². The second-order valence-corrected chi connectivity index (χ2v) is 9.14. The van der Waals surface area contributed by atoms with Gasteiger partial charge in [-0.15, -0.1) is 0 Å². The summed E-state index contributed by atoms with van der Waals surface area (Å²) < 4.78 is 0. The number of hydrogen-bond donors (Lipinski definition) is 4. The highest BCUT2D eigenvalue weighted by Gasteiger charge is 2.36. The molecule has 0 bridgehead atoms. The number of H-pyrrole nitrogens is 2. The molecule has 0 spiro atoms. The van der Waals surface area contributed by atoms with Crippen LogP contribution >= 0.6 is 0 Å². The Morgan fingerprint density at radius 1 is 0.722 bits per heavy atom. The summed E-state index contributed by atoms with van der Waals surface area (Å²) in [6, 6.07) is 24.0. The average molecular weight is 476 g/mol. The molecule has 2 amide bonds. The van der Waals surface area contributed by atoms with Crippen LogP contribution in [0.2, 0.25) is 0 Å². The Balaban J connectivity index is 1.64. The van der Waals surface area contributed by atoms with Crippen molar-refractivity contribution in [3.05, 3.63) is 95.3 Å². The maximum atomic E-state index is 13.3. The number of aliphatic hydroxyl groups is 1. The highest BCUT2D eigenvalue weighted by Crippen LogP contribution is 2.41. The van der Waals surface area contributed by atoms with Gasteiger partial charge in [0, 0.05) is 50.9 Å². The van der Waals surface area contributed by atoms with Crippen LogP contribution < -0.4 is 5.32 Å². The zero-order valence-electron chi connectivity index (χ0n) is 19.8. The van der Waals surface area contributed by atoms with E-state index in [0.29, 0.717) is 24.0 Å². The van der Waals surface area contributed by atoms with E-state index in [0.717, 1.165) is 55.4 Å². The molecule has 36 heavy (non-hydrogen) atoms. The van der Waals surface area contributed by atoms with Crippen molar-refractivity contribution in [2.75, 3.05) is 6.61 Å². The van der Waals surface area contributed by atoms with Gasteiger partial charge in [-0.2, -0.15) is 0 Å². The van der Waals surface area contributed by atoms with Crippen LogP contribution in [0.1, 0.15) is 28.9 Å². The molecule has 0 fully saturated rings. The fourth-order valence-electron chi connectivity index (χ4n) is 5.32. The third-order valence-corrected chi connectivity index (χ3v) is 6.89. The normalized spacial score (nSPS) is 13.8. The van der Waals surface area contributed by atoms with Gasteiger partial charge >= 0.3 is 0 Å². The summed E-state index contributed by atoms with van der Waals surface area (Å²) in [5.41, 5.74) is 7.78. The predicted octanol–water partition coefficient (Wildman–Crippen LogP) is 5.12. The third-order valence-electron chi connectivity index (χ3n) is 6.89. The first-order valence-electron chi connectivity index (χ1n) is 12.1. The molecule has 5 aromatic rings. The topological polar surface area (TPSA) is 98.0 Å². The molecule has 0 saturated heterocycles. The number of imide groups is 1. The number of carbonyl (C=O) groups is 2. The highest BCUT2D eigenvalue weighted by molar-refractivity contribution is 6.51. The van der Waals surface area contributed by atoms with Gasteiger partial charge < -0.3 is 15.1 Å². The third kappa shape index (κ3) is 3.46. The zero-order valence-corrected chi connectivity index (χ0v) is 19.8. The second kappa shape index (κ2) is 8.66. The van der Waals surface area contributed by atoms with Crippen molar-refractivity contribution in [3.8, 4) is 11.1 Å². The number of aryl methyl sites for hydroxylation is 2. The van der Waals surface area contributed by atoms with Gasteiger partial charge in [0.05, 0.1) is 11.1 Å². The Morgan fingerprint density at radius 2 is 1.42 bits per heavy atom. The molecule has 0 saturated carbocycles.